The summed E-state index contributed by atoms with van der Waals surface area (Å²) >= 11 is 1.58. The smallest absolute Gasteiger partial charge is 0.249 e. The van der Waals surface area contributed by atoms with Crippen LogP contribution in [0, 0.1) is 19.8 Å². The summed E-state index contributed by atoms with van der Waals surface area (Å²) in [7, 11) is 0. The van der Waals surface area contributed by atoms with Crippen molar-refractivity contribution in [3.63, 3.8) is 0 Å². The number of carbonyl (C=O) groups excluding carboxylic acids is 1. The van der Waals surface area contributed by atoms with Crippen molar-refractivity contribution in [1.82, 2.24) is 14.8 Å². The fourth-order valence-corrected chi connectivity index (χ4v) is 5.20. The predicted octanol–water partition coefficient (Wildman–Crippen LogP) is 6.14. The maximum Gasteiger partial charge on any atom is 0.249 e. The van der Waals surface area contributed by atoms with E-state index in [0.29, 0.717) is 11.1 Å². The summed E-state index contributed by atoms with van der Waals surface area (Å²) in [6.07, 6.45) is 0. The Labute approximate surface area is 209 Å². The van der Waals surface area contributed by atoms with Crippen LogP contribution in [-0.2, 0) is 10.5 Å². The van der Waals surface area contributed by atoms with Crippen LogP contribution in [0.1, 0.15) is 35.2 Å². The highest BCUT2D eigenvalue weighted by Crippen LogP contribution is 2.37. The van der Waals surface area contributed by atoms with Crippen molar-refractivity contribution in [2.24, 2.45) is 10.9 Å². The second-order valence-electron chi connectivity index (χ2n) is 8.80. The summed E-state index contributed by atoms with van der Waals surface area (Å²) in [6, 6.07) is 25.7. The van der Waals surface area contributed by atoms with E-state index in [2.05, 4.69) is 55.6 Å². The minimum atomic E-state index is -0.513. The zero-order chi connectivity index (χ0) is 24.4. The van der Waals surface area contributed by atoms with Crippen molar-refractivity contribution in [3.8, 4) is 0 Å². The molecule has 1 aromatic heterocycles. The van der Waals surface area contributed by atoms with Crippen molar-refractivity contribution >= 4 is 35.0 Å². The van der Waals surface area contributed by atoms with E-state index >= 15 is 0 Å². The summed E-state index contributed by atoms with van der Waals surface area (Å²) in [5.74, 6) is 0.676. The number of fused-ring (bicyclic) bond motifs is 1. The Balaban J connectivity index is 1.49. The Hall–Kier alpha value is -3.71. The minimum absolute atomic E-state index is 0.113. The van der Waals surface area contributed by atoms with E-state index in [0.717, 1.165) is 28.3 Å². The fourth-order valence-electron chi connectivity index (χ4n) is 4.30. The third-order valence-corrected chi connectivity index (χ3v) is 7.15. The number of hydrogen-bond acceptors (Lipinski definition) is 5. The number of amides is 1. The van der Waals surface area contributed by atoms with Crippen LogP contribution in [0.25, 0.3) is 0 Å². The molecular weight excluding hydrogens is 454 g/mol. The molecule has 1 aliphatic heterocycles. The van der Waals surface area contributed by atoms with Crippen LogP contribution in [0.4, 0.5) is 11.6 Å². The molecule has 0 spiro atoms. The lowest BCUT2D eigenvalue weighted by Crippen LogP contribution is -2.39. The molecule has 0 saturated heterocycles. The zero-order valence-electron chi connectivity index (χ0n) is 20.0. The van der Waals surface area contributed by atoms with Gasteiger partial charge in [0.25, 0.3) is 0 Å². The normalized spacial score (nSPS) is 16.9. The molecule has 1 amide bonds. The highest BCUT2D eigenvalue weighted by molar-refractivity contribution is 7.98. The van der Waals surface area contributed by atoms with E-state index < -0.39 is 5.92 Å². The summed E-state index contributed by atoms with van der Waals surface area (Å²) in [5.41, 5.74) is 6.13. The number of nitrogens with zero attached hydrogens (tertiary/aromatic N) is 4. The van der Waals surface area contributed by atoms with Crippen molar-refractivity contribution in [3.05, 3.63) is 101 Å². The lowest BCUT2D eigenvalue weighted by molar-refractivity contribution is -0.118. The molecule has 0 bridgehead atoms. The summed E-state index contributed by atoms with van der Waals surface area (Å²) in [4.78, 5) is 23.0. The number of thioether (sulfide) groups is 1. The van der Waals surface area contributed by atoms with Crippen LogP contribution < -0.4 is 5.32 Å². The SMILES string of the molecule is CC1=Nc2nc(SCc3ccccc3C)nn2C(c2ccc(C)cc2)C1C(=O)Nc1ccccc1. The lowest BCUT2D eigenvalue weighted by Gasteiger charge is -2.30. The fraction of sp³-hybridized carbons (Fsp3) is 0.214. The number of carbonyl (C=O) groups is 1. The molecular formula is C28H27N5OS. The largest absolute Gasteiger partial charge is 0.325 e. The molecule has 0 aliphatic carbocycles. The molecule has 2 heterocycles. The molecule has 7 heteroatoms. The molecule has 2 atom stereocenters. The first-order valence-corrected chi connectivity index (χ1v) is 12.6. The number of para-hydroxylation sites is 1. The first kappa shape index (κ1) is 23.1. The maximum absolute atomic E-state index is 13.5. The maximum atomic E-state index is 13.5. The first-order chi connectivity index (χ1) is 17.0. The van der Waals surface area contributed by atoms with Gasteiger partial charge in [0.05, 0.1) is 6.04 Å². The Morgan fingerprint density at radius 1 is 0.943 bits per heavy atom. The van der Waals surface area contributed by atoms with Gasteiger partial charge in [-0.2, -0.15) is 4.98 Å². The van der Waals surface area contributed by atoms with Gasteiger partial charge >= 0.3 is 0 Å². The summed E-state index contributed by atoms with van der Waals surface area (Å²) < 4.78 is 1.81. The van der Waals surface area contributed by atoms with Gasteiger partial charge in [0.2, 0.25) is 17.0 Å². The van der Waals surface area contributed by atoms with Gasteiger partial charge in [-0.3, -0.25) is 4.79 Å². The minimum Gasteiger partial charge on any atom is -0.325 e. The van der Waals surface area contributed by atoms with E-state index in [9.17, 15) is 4.79 Å². The molecule has 1 N–H and O–H groups in total. The van der Waals surface area contributed by atoms with E-state index in [4.69, 9.17) is 15.1 Å². The van der Waals surface area contributed by atoms with Crippen LogP contribution in [0.3, 0.4) is 0 Å². The van der Waals surface area contributed by atoms with Crippen molar-refractivity contribution in [2.45, 2.75) is 37.7 Å². The zero-order valence-corrected chi connectivity index (χ0v) is 20.8. The number of aryl methyl sites for hydroxylation is 2. The van der Waals surface area contributed by atoms with Crippen LogP contribution >= 0.6 is 11.8 Å². The average Bonchev–Trinajstić information content (AvgIpc) is 3.26. The second kappa shape index (κ2) is 9.88. The Morgan fingerprint density at radius 3 is 2.40 bits per heavy atom. The van der Waals surface area contributed by atoms with E-state index in [1.54, 1.807) is 11.8 Å². The molecule has 176 valence electrons. The van der Waals surface area contributed by atoms with Gasteiger partial charge in [0.1, 0.15) is 5.92 Å². The monoisotopic (exact) mass is 481 g/mol. The quantitative estimate of drug-likeness (QED) is 0.336. The van der Waals surface area contributed by atoms with Gasteiger partial charge in [0.15, 0.2) is 0 Å². The molecule has 0 saturated carbocycles. The number of aromatic nitrogens is 3. The molecule has 6 nitrogen and oxygen atoms in total. The van der Waals surface area contributed by atoms with Gasteiger partial charge in [-0.25, -0.2) is 9.67 Å². The Kier molecular flexibility index (Phi) is 6.51. The van der Waals surface area contributed by atoms with E-state index in [-0.39, 0.29) is 11.9 Å². The van der Waals surface area contributed by atoms with E-state index in [1.807, 2.05) is 54.1 Å². The van der Waals surface area contributed by atoms with Gasteiger partial charge < -0.3 is 5.32 Å². The van der Waals surface area contributed by atoms with Crippen LogP contribution in [0.15, 0.2) is 89.0 Å². The highest BCUT2D eigenvalue weighted by atomic mass is 32.2. The number of hydrogen-bond donors (Lipinski definition) is 1. The van der Waals surface area contributed by atoms with Gasteiger partial charge in [-0.05, 0) is 49.6 Å². The third-order valence-electron chi connectivity index (χ3n) is 6.26. The average molecular weight is 482 g/mol. The number of aliphatic imine (C=N–C) groups is 1. The van der Waals surface area contributed by atoms with E-state index in [1.165, 1.54) is 11.1 Å². The number of benzene rings is 3. The second-order valence-corrected chi connectivity index (χ2v) is 9.74. The van der Waals surface area contributed by atoms with Crippen LogP contribution in [0.2, 0.25) is 0 Å². The number of rotatable bonds is 6. The number of nitrogens with one attached hydrogen (secondary N) is 1. The molecule has 5 rings (SSSR count). The molecule has 0 radical (unpaired) electrons. The molecule has 4 aromatic rings. The van der Waals surface area contributed by atoms with Gasteiger partial charge in [-0.15, -0.1) is 5.10 Å². The molecule has 0 fully saturated rings. The number of anilines is 1. The van der Waals surface area contributed by atoms with Gasteiger partial charge in [-0.1, -0.05) is 84.1 Å². The predicted molar refractivity (Wildman–Crippen MR) is 141 cm³/mol. The van der Waals surface area contributed by atoms with Crippen molar-refractivity contribution < 1.29 is 4.79 Å². The van der Waals surface area contributed by atoms with Crippen molar-refractivity contribution in [1.29, 1.82) is 0 Å². The molecule has 3 aromatic carbocycles. The molecule has 1 aliphatic rings. The summed E-state index contributed by atoms with van der Waals surface area (Å²) in [6.45, 7) is 6.06. The third kappa shape index (κ3) is 4.91. The lowest BCUT2D eigenvalue weighted by atomic mass is 9.87. The first-order valence-electron chi connectivity index (χ1n) is 11.6. The Morgan fingerprint density at radius 2 is 1.66 bits per heavy atom. The van der Waals surface area contributed by atoms with Crippen LogP contribution in [-0.4, -0.2) is 26.4 Å². The summed E-state index contributed by atoms with van der Waals surface area (Å²) in [5, 5.41) is 8.54. The molecule has 35 heavy (non-hydrogen) atoms. The van der Waals surface area contributed by atoms with Gasteiger partial charge in [0, 0.05) is 17.2 Å². The van der Waals surface area contributed by atoms with Crippen molar-refractivity contribution in [2.75, 3.05) is 5.32 Å². The highest BCUT2D eigenvalue weighted by Gasteiger charge is 2.39. The Bertz CT molecular complexity index is 1380. The topological polar surface area (TPSA) is 72.2 Å². The standard InChI is InChI=1S/C28H27N5OS/c1-18-13-15-21(16-14-18)25-24(26(34)30-23-11-5-4-6-12-23)20(3)29-27-31-28(32-33(25)27)35-17-22-10-8-7-9-19(22)2/h4-16,24-25H,17H2,1-3H3,(H,30,34). The van der Waals surface area contributed by atoms with Crippen LogP contribution in [0.5, 0.6) is 0 Å². The molecule has 2 unspecified atom stereocenters.